The van der Waals surface area contributed by atoms with Crippen molar-refractivity contribution in [2.45, 2.75) is 44.6 Å². The molecule has 0 bridgehead atoms. The molecule has 1 amide bonds. The third-order valence-electron chi connectivity index (χ3n) is 3.20. The van der Waals surface area contributed by atoms with Crippen LogP contribution in [0.5, 0.6) is 0 Å². The van der Waals surface area contributed by atoms with Gasteiger partial charge in [0.2, 0.25) is 5.91 Å². The van der Waals surface area contributed by atoms with E-state index in [-0.39, 0.29) is 17.9 Å². The number of nitrogens with one attached hydrogen (secondary N) is 1. The van der Waals surface area contributed by atoms with Gasteiger partial charge in [-0.1, -0.05) is 0 Å². The van der Waals surface area contributed by atoms with Crippen LogP contribution in [0, 0.1) is 23.2 Å². The molecule has 0 radical (unpaired) electrons. The molecular formula is C11H16N2O. The lowest BCUT2D eigenvalue weighted by atomic mass is 10.1. The maximum Gasteiger partial charge on any atom is 0.220 e. The quantitative estimate of drug-likeness (QED) is 0.738. The van der Waals surface area contributed by atoms with Gasteiger partial charge in [-0.3, -0.25) is 4.79 Å². The summed E-state index contributed by atoms with van der Waals surface area (Å²) in [5, 5.41) is 11.8. The van der Waals surface area contributed by atoms with E-state index in [0.29, 0.717) is 12.3 Å². The van der Waals surface area contributed by atoms with E-state index in [9.17, 15) is 4.79 Å². The van der Waals surface area contributed by atoms with E-state index in [1.807, 2.05) is 0 Å². The van der Waals surface area contributed by atoms with Gasteiger partial charge in [0.15, 0.2) is 0 Å². The minimum absolute atomic E-state index is 0.0538. The van der Waals surface area contributed by atoms with Gasteiger partial charge in [0.1, 0.15) is 0 Å². The SMILES string of the molecule is N#CC1CCCC1NC(=O)CC1CC1. The zero-order valence-corrected chi connectivity index (χ0v) is 8.33. The standard InChI is InChI=1S/C11H16N2O/c12-7-9-2-1-3-10(9)13-11(14)6-8-4-5-8/h8-10H,1-6H2,(H,13,14). The summed E-state index contributed by atoms with van der Waals surface area (Å²) in [7, 11) is 0. The van der Waals surface area contributed by atoms with Crippen LogP contribution in [-0.4, -0.2) is 11.9 Å². The molecule has 0 heterocycles. The molecule has 2 unspecified atom stereocenters. The monoisotopic (exact) mass is 192 g/mol. The highest BCUT2D eigenvalue weighted by molar-refractivity contribution is 5.76. The van der Waals surface area contributed by atoms with Crippen LogP contribution in [0.2, 0.25) is 0 Å². The first kappa shape index (κ1) is 9.51. The first-order valence-electron chi connectivity index (χ1n) is 5.48. The van der Waals surface area contributed by atoms with Crippen molar-refractivity contribution in [1.29, 1.82) is 5.26 Å². The average Bonchev–Trinajstić information content (AvgIpc) is 2.84. The lowest BCUT2D eigenvalue weighted by molar-refractivity contribution is -0.122. The Bertz CT molecular complexity index is 265. The number of rotatable bonds is 3. The lowest BCUT2D eigenvalue weighted by Gasteiger charge is -2.15. The van der Waals surface area contributed by atoms with Gasteiger partial charge in [0.25, 0.3) is 0 Å². The Hall–Kier alpha value is -1.04. The largest absolute Gasteiger partial charge is 0.352 e. The normalized spacial score (nSPS) is 31.1. The molecule has 0 aliphatic heterocycles. The summed E-state index contributed by atoms with van der Waals surface area (Å²) in [5.74, 6) is 0.842. The smallest absolute Gasteiger partial charge is 0.220 e. The Morgan fingerprint density at radius 3 is 2.79 bits per heavy atom. The van der Waals surface area contributed by atoms with Gasteiger partial charge in [-0.25, -0.2) is 0 Å². The van der Waals surface area contributed by atoms with E-state index in [2.05, 4.69) is 11.4 Å². The highest BCUT2D eigenvalue weighted by Crippen LogP contribution is 2.32. The van der Waals surface area contributed by atoms with Crippen molar-refractivity contribution < 1.29 is 4.79 Å². The van der Waals surface area contributed by atoms with Gasteiger partial charge in [-0.05, 0) is 38.0 Å². The number of carbonyl (C=O) groups excluding carboxylic acids is 1. The van der Waals surface area contributed by atoms with Gasteiger partial charge in [-0.15, -0.1) is 0 Å². The predicted octanol–water partition coefficient (Wildman–Crippen LogP) is 1.59. The van der Waals surface area contributed by atoms with Gasteiger partial charge in [0, 0.05) is 12.5 Å². The van der Waals surface area contributed by atoms with Crippen LogP contribution in [0.3, 0.4) is 0 Å². The summed E-state index contributed by atoms with van der Waals surface area (Å²) in [6.45, 7) is 0. The van der Waals surface area contributed by atoms with Crippen LogP contribution in [-0.2, 0) is 4.79 Å². The minimum Gasteiger partial charge on any atom is -0.352 e. The van der Waals surface area contributed by atoms with Crippen molar-refractivity contribution in [2.24, 2.45) is 11.8 Å². The number of hydrogen-bond donors (Lipinski definition) is 1. The van der Waals surface area contributed by atoms with Crippen molar-refractivity contribution in [2.75, 3.05) is 0 Å². The zero-order valence-electron chi connectivity index (χ0n) is 8.33. The maximum atomic E-state index is 11.5. The molecule has 0 spiro atoms. The molecule has 2 saturated carbocycles. The van der Waals surface area contributed by atoms with Crippen LogP contribution in [0.25, 0.3) is 0 Å². The summed E-state index contributed by atoms with van der Waals surface area (Å²) < 4.78 is 0. The predicted molar refractivity (Wildman–Crippen MR) is 52.2 cm³/mol. The Balaban J connectivity index is 1.77. The molecule has 76 valence electrons. The van der Waals surface area contributed by atoms with Gasteiger partial charge < -0.3 is 5.32 Å². The Kier molecular flexibility index (Phi) is 2.72. The van der Waals surface area contributed by atoms with Gasteiger partial charge >= 0.3 is 0 Å². The van der Waals surface area contributed by atoms with E-state index in [1.165, 1.54) is 12.8 Å². The molecule has 0 aromatic heterocycles. The second kappa shape index (κ2) is 4.00. The van der Waals surface area contributed by atoms with E-state index < -0.39 is 0 Å². The molecule has 0 aromatic rings. The molecule has 2 atom stereocenters. The molecular weight excluding hydrogens is 176 g/mol. The number of amides is 1. The van der Waals surface area contributed by atoms with E-state index in [0.717, 1.165) is 19.3 Å². The zero-order chi connectivity index (χ0) is 9.97. The van der Waals surface area contributed by atoms with Crippen molar-refractivity contribution in [3.8, 4) is 6.07 Å². The summed E-state index contributed by atoms with van der Waals surface area (Å²) in [5.41, 5.74) is 0. The van der Waals surface area contributed by atoms with Crippen molar-refractivity contribution in [3.05, 3.63) is 0 Å². The molecule has 0 aromatic carbocycles. The van der Waals surface area contributed by atoms with Crippen LogP contribution in [0.15, 0.2) is 0 Å². The Morgan fingerprint density at radius 1 is 1.36 bits per heavy atom. The second-order valence-corrected chi connectivity index (χ2v) is 4.49. The molecule has 14 heavy (non-hydrogen) atoms. The van der Waals surface area contributed by atoms with Crippen molar-refractivity contribution in [3.63, 3.8) is 0 Å². The maximum absolute atomic E-state index is 11.5. The number of carbonyl (C=O) groups is 1. The lowest BCUT2D eigenvalue weighted by Crippen LogP contribution is -2.36. The second-order valence-electron chi connectivity index (χ2n) is 4.49. The summed E-state index contributed by atoms with van der Waals surface area (Å²) in [4.78, 5) is 11.5. The fraction of sp³-hybridized carbons (Fsp3) is 0.818. The first-order chi connectivity index (χ1) is 6.79. The third-order valence-corrected chi connectivity index (χ3v) is 3.20. The fourth-order valence-corrected chi connectivity index (χ4v) is 2.14. The molecule has 1 N–H and O–H groups in total. The van der Waals surface area contributed by atoms with Crippen LogP contribution >= 0.6 is 0 Å². The number of nitrogens with zero attached hydrogens (tertiary/aromatic N) is 1. The average molecular weight is 192 g/mol. The van der Waals surface area contributed by atoms with Gasteiger partial charge in [0.05, 0.1) is 12.0 Å². The van der Waals surface area contributed by atoms with Crippen molar-refractivity contribution in [1.82, 2.24) is 5.32 Å². The van der Waals surface area contributed by atoms with Crippen molar-refractivity contribution >= 4 is 5.91 Å². The first-order valence-corrected chi connectivity index (χ1v) is 5.48. The molecule has 2 rings (SSSR count). The number of hydrogen-bond acceptors (Lipinski definition) is 2. The molecule has 2 aliphatic rings. The minimum atomic E-state index is 0.0538. The van der Waals surface area contributed by atoms with Crippen LogP contribution < -0.4 is 5.32 Å². The van der Waals surface area contributed by atoms with E-state index in [4.69, 9.17) is 5.26 Å². The van der Waals surface area contributed by atoms with E-state index in [1.54, 1.807) is 0 Å². The molecule has 3 nitrogen and oxygen atoms in total. The Morgan fingerprint density at radius 2 is 2.14 bits per heavy atom. The van der Waals surface area contributed by atoms with Gasteiger partial charge in [-0.2, -0.15) is 5.26 Å². The van der Waals surface area contributed by atoms with Crippen LogP contribution in [0.4, 0.5) is 0 Å². The summed E-state index contributed by atoms with van der Waals surface area (Å²) in [6.07, 6.45) is 6.10. The van der Waals surface area contributed by atoms with E-state index >= 15 is 0 Å². The highest BCUT2D eigenvalue weighted by Gasteiger charge is 2.30. The molecule has 0 saturated heterocycles. The topological polar surface area (TPSA) is 52.9 Å². The third kappa shape index (κ3) is 2.25. The highest BCUT2D eigenvalue weighted by atomic mass is 16.1. The summed E-state index contributed by atoms with van der Waals surface area (Å²) >= 11 is 0. The Labute approximate surface area is 84.5 Å². The molecule has 2 aliphatic carbocycles. The molecule has 3 heteroatoms. The number of nitriles is 1. The van der Waals surface area contributed by atoms with Crippen LogP contribution in [0.1, 0.15) is 38.5 Å². The fourth-order valence-electron chi connectivity index (χ4n) is 2.14. The summed E-state index contributed by atoms with van der Waals surface area (Å²) in [6, 6.07) is 2.40. The molecule has 2 fully saturated rings.